The number of carbonyl (C=O) groups excluding carboxylic acids is 1. The molecule has 45 heavy (non-hydrogen) atoms. The Morgan fingerprint density at radius 2 is 1.04 bits per heavy atom. The quantitative estimate of drug-likeness (QED) is 0.0488. The number of unbranched alkanes of at least 4 members (excludes halogenated alkanes) is 18. The van der Waals surface area contributed by atoms with E-state index in [0.29, 0.717) is 32.2 Å². The number of nitrogens with one attached hydrogen (secondary N) is 1. The van der Waals surface area contributed by atoms with Crippen LogP contribution in [0.1, 0.15) is 155 Å². The Morgan fingerprint density at radius 1 is 0.600 bits per heavy atom. The summed E-state index contributed by atoms with van der Waals surface area (Å²) < 4.78 is 0. The minimum Gasteiger partial charge on any atom is -0.480 e. The van der Waals surface area contributed by atoms with Gasteiger partial charge in [0.05, 0.1) is 13.1 Å². The van der Waals surface area contributed by atoms with Crippen LogP contribution in [0.15, 0.2) is 0 Å². The Labute approximate surface area is 272 Å². The Morgan fingerprint density at radius 3 is 1.51 bits per heavy atom. The zero-order valence-corrected chi connectivity index (χ0v) is 27.9. The predicted molar refractivity (Wildman–Crippen MR) is 179 cm³/mol. The summed E-state index contributed by atoms with van der Waals surface area (Å²) in [7, 11) is 0. The maximum atomic E-state index is 12.0. The van der Waals surface area contributed by atoms with Crippen molar-refractivity contribution >= 4 is 23.8 Å². The van der Waals surface area contributed by atoms with E-state index in [1.807, 2.05) is 0 Å². The zero-order chi connectivity index (χ0) is 33.4. The van der Waals surface area contributed by atoms with Crippen molar-refractivity contribution in [1.82, 2.24) is 10.2 Å². The third-order valence-corrected chi connectivity index (χ3v) is 7.73. The molecular formula is C36H60N2O7. The summed E-state index contributed by atoms with van der Waals surface area (Å²) in [5.74, 6) is 8.51. The van der Waals surface area contributed by atoms with E-state index < -0.39 is 37.0 Å². The van der Waals surface area contributed by atoms with E-state index in [4.69, 9.17) is 10.2 Å². The van der Waals surface area contributed by atoms with Crippen LogP contribution in [0, 0.1) is 23.7 Å². The summed E-state index contributed by atoms with van der Waals surface area (Å²) in [5, 5.41) is 30.2. The number of carboxylic acids is 3. The molecule has 4 N–H and O–H groups in total. The summed E-state index contributed by atoms with van der Waals surface area (Å²) in [5.41, 5.74) is 0. The highest BCUT2D eigenvalue weighted by Crippen LogP contribution is 2.13. The molecule has 1 atom stereocenters. The Hall–Kier alpha value is -3.04. The average molecular weight is 633 g/mol. The lowest BCUT2D eigenvalue weighted by molar-refractivity contribution is -0.149. The number of carbonyl (C=O) groups is 4. The van der Waals surface area contributed by atoms with E-state index in [-0.39, 0.29) is 12.3 Å². The van der Waals surface area contributed by atoms with Crippen molar-refractivity contribution in [3.05, 3.63) is 0 Å². The summed E-state index contributed by atoms with van der Waals surface area (Å²) >= 11 is 0. The molecular weight excluding hydrogens is 572 g/mol. The van der Waals surface area contributed by atoms with E-state index in [0.717, 1.165) is 56.3 Å². The standard InChI is InChI=1S/C36H60N2O7/c1-2-3-4-5-6-7-8-9-10-11-12-13-14-15-16-17-18-19-20-21-22-25-28-33(39)37-29-26-23-24-27-32(36(44)45)38(30-34(40)41)31-35(42)43/h32H,2-12,17-31H2,1H3,(H,37,39)(H,40,41)(H,42,43)(H,44,45)/t32-/m0/s1. The van der Waals surface area contributed by atoms with Crippen LogP contribution in [-0.2, 0) is 19.2 Å². The molecule has 0 rings (SSSR count). The van der Waals surface area contributed by atoms with Gasteiger partial charge in [0, 0.05) is 25.8 Å². The summed E-state index contributed by atoms with van der Waals surface area (Å²) in [6.45, 7) is 1.45. The molecule has 1 amide bonds. The first-order chi connectivity index (χ1) is 21.8. The van der Waals surface area contributed by atoms with Gasteiger partial charge in [0.2, 0.25) is 5.91 Å². The lowest BCUT2D eigenvalue weighted by Gasteiger charge is -2.25. The number of aliphatic carboxylic acids is 3. The molecule has 0 heterocycles. The number of carboxylic acid groups (broad SMARTS) is 3. The normalized spacial score (nSPS) is 11.2. The molecule has 9 heteroatoms. The molecule has 0 aromatic heterocycles. The number of hydrogen-bond acceptors (Lipinski definition) is 5. The molecule has 0 aromatic rings. The van der Waals surface area contributed by atoms with Crippen molar-refractivity contribution in [1.29, 1.82) is 0 Å². The number of hydrogen-bond donors (Lipinski definition) is 4. The first kappa shape index (κ1) is 42.0. The highest BCUT2D eigenvalue weighted by Gasteiger charge is 2.28. The van der Waals surface area contributed by atoms with Gasteiger partial charge in [0.25, 0.3) is 0 Å². The molecule has 0 aromatic carbocycles. The SMILES string of the molecule is CCCCCCCCCCCCC#CC#CCCCCCCCCC(=O)NCCCCC[C@@H](C(=O)O)N(CC(=O)O)CC(=O)O. The Bertz CT molecular complexity index is 913. The fourth-order valence-corrected chi connectivity index (χ4v) is 5.16. The van der Waals surface area contributed by atoms with Crippen molar-refractivity contribution in [2.24, 2.45) is 0 Å². The minimum atomic E-state index is -1.28. The molecule has 0 aliphatic heterocycles. The van der Waals surface area contributed by atoms with Crippen molar-refractivity contribution in [2.45, 2.75) is 161 Å². The smallest absolute Gasteiger partial charge is 0.320 e. The molecule has 0 radical (unpaired) electrons. The van der Waals surface area contributed by atoms with Crippen LogP contribution in [0.2, 0.25) is 0 Å². The van der Waals surface area contributed by atoms with Crippen molar-refractivity contribution in [3.8, 4) is 23.7 Å². The van der Waals surface area contributed by atoms with Gasteiger partial charge >= 0.3 is 17.9 Å². The molecule has 0 spiro atoms. The van der Waals surface area contributed by atoms with Crippen molar-refractivity contribution < 1.29 is 34.5 Å². The Balaban J connectivity index is 3.67. The lowest BCUT2D eigenvalue weighted by Crippen LogP contribution is -2.46. The predicted octanol–water partition coefficient (Wildman–Crippen LogP) is 7.03. The average Bonchev–Trinajstić information content (AvgIpc) is 2.98. The van der Waals surface area contributed by atoms with Crippen molar-refractivity contribution in [2.75, 3.05) is 19.6 Å². The zero-order valence-electron chi connectivity index (χ0n) is 27.9. The van der Waals surface area contributed by atoms with Gasteiger partial charge < -0.3 is 20.6 Å². The van der Waals surface area contributed by atoms with Gasteiger partial charge in [-0.2, -0.15) is 0 Å². The van der Waals surface area contributed by atoms with E-state index in [9.17, 15) is 24.3 Å². The second kappa shape index (κ2) is 31.0. The highest BCUT2D eigenvalue weighted by molar-refractivity contribution is 5.78. The molecule has 9 nitrogen and oxygen atoms in total. The number of amides is 1. The van der Waals surface area contributed by atoms with Gasteiger partial charge in [-0.1, -0.05) is 115 Å². The third kappa shape index (κ3) is 29.4. The second-order valence-corrected chi connectivity index (χ2v) is 11.9. The third-order valence-electron chi connectivity index (χ3n) is 7.73. The van der Waals surface area contributed by atoms with Crippen molar-refractivity contribution in [3.63, 3.8) is 0 Å². The van der Waals surface area contributed by atoms with Crippen LogP contribution in [0.25, 0.3) is 0 Å². The number of rotatable bonds is 30. The lowest BCUT2D eigenvalue weighted by atomic mass is 10.1. The maximum Gasteiger partial charge on any atom is 0.320 e. The monoisotopic (exact) mass is 632 g/mol. The Kier molecular flexibility index (Phi) is 28.9. The van der Waals surface area contributed by atoms with E-state index in [1.165, 1.54) is 64.2 Å². The molecule has 0 saturated heterocycles. The first-order valence-corrected chi connectivity index (χ1v) is 17.4. The molecule has 0 unspecified atom stereocenters. The van der Waals surface area contributed by atoms with Crippen LogP contribution < -0.4 is 5.32 Å². The van der Waals surface area contributed by atoms with Gasteiger partial charge in [-0.25, -0.2) is 0 Å². The van der Waals surface area contributed by atoms with Gasteiger partial charge in [-0.3, -0.25) is 24.1 Å². The molecule has 0 aliphatic carbocycles. The maximum absolute atomic E-state index is 12.0. The van der Waals surface area contributed by atoms with Crippen LogP contribution in [0.4, 0.5) is 0 Å². The minimum absolute atomic E-state index is 0.0112. The van der Waals surface area contributed by atoms with Crippen LogP contribution in [-0.4, -0.2) is 69.7 Å². The summed E-state index contributed by atoms with van der Waals surface area (Å²) in [6, 6.07) is -1.18. The first-order valence-electron chi connectivity index (χ1n) is 17.4. The fourth-order valence-electron chi connectivity index (χ4n) is 5.16. The van der Waals surface area contributed by atoms with E-state index in [1.54, 1.807) is 0 Å². The van der Waals surface area contributed by atoms with E-state index >= 15 is 0 Å². The number of nitrogens with zero attached hydrogens (tertiary/aromatic N) is 1. The van der Waals surface area contributed by atoms with Gasteiger partial charge in [0.15, 0.2) is 0 Å². The topological polar surface area (TPSA) is 144 Å². The van der Waals surface area contributed by atoms with Gasteiger partial charge in [-0.05, 0) is 43.9 Å². The second-order valence-electron chi connectivity index (χ2n) is 11.9. The molecule has 0 aliphatic rings. The highest BCUT2D eigenvalue weighted by atomic mass is 16.4. The fraction of sp³-hybridized carbons (Fsp3) is 0.778. The summed E-state index contributed by atoms with van der Waals surface area (Å²) in [6.07, 6.45) is 24.0. The van der Waals surface area contributed by atoms with Gasteiger partial charge in [-0.15, -0.1) is 0 Å². The summed E-state index contributed by atoms with van der Waals surface area (Å²) in [4.78, 5) is 46.5. The van der Waals surface area contributed by atoms with Crippen LogP contribution >= 0.6 is 0 Å². The van der Waals surface area contributed by atoms with Crippen LogP contribution in [0.3, 0.4) is 0 Å². The molecule has 0 bridgehead atoms. The van der Waals surface area contributed by atoms with Crippen LogP contribution in [0.5, 0.6) is 0 Å². The largest absolute Gasteiger partial charge is 0.480 e. The van der Waals surface area contributed by atoms with E-state index in [2.05, 4.69) is 35.9 Å². The molecule has 0 saturated carbocycles. The molecule has 256 valence electrons. The molecule has 0 fully saturated rings. The van der Waals surface area contributed by atoms with Gasteiger partial charge in [0.1, 0.15) is 6.04 Å².